The maximum absolute atomic E-state index is 12.9. The molecule has 0 aromatic carbocycles. The molecule has 2 aromatic heterocycles. The van der Waals surface area contributed by atoms with Crippen LogP contribution >= 0.6 is 0 Å². The van der Waals surface area contributed by atoms with Crippen LogP contribution in [0.4, 0.5) is 0 Å². The highest BCUT2D eigenvalue weighted by molar-refractivity contribution is 7.89. The fourth-order valence-corrected chi connectivity index (χ4v) is 4.33. The van der Waals surface area contributed by atoms with Crippen molar-refractivity contribution in [1.29, 1.82) is 0 Å². The molecular weight excluding hydrogens is 370 g/mol. The predicted molar refractivity (Wildman–Crippen MR) is 97.8 cm³/mol. The second-order valence-electron chi connectivity index (χ2n) is 6.74. The first kappa shape index (κ1) is 19.3. The number of hydrogen-bond acceptors (Lipinski definition) is 6. The largest absolute Gasteiger partial charge is 0.489 e. The zero-order valence-electron chi connectivity index (χ0n) is 15.3. The van der Waals surface area contributed by atoms with Crippen molar-refractivity contribution < 1.29 is 17.9 Å². The molecule has 2 aromatic rings. The second-order valence-corrected chi connectivity index (χ2v) is 8.62. The van der Waals surface area contributed by atoms with Crippen LogP contribution in [0.2, 0.25) is 0 Å². The zero-order chi connectivity index (χ0) is 19.6. The lowest BCUT2D eigenvalue weighted by molar-refractivity contribution is 0.0993. The minimum Gasteiger partial charge on any atom is -0.489 e. The standard InChI is InChI=1S/C17H23N5O4S/c1-12(2)21-10-16(20-11-21)27(24,25)22-7-3-4-14(9-22)26-13-5-6-19-15(8-13)17(18)23/h5-6,8,10-12,14H,3-4,7,9H2,1-2H3,(H2,18,23). The lowest BCUT2D eigenvalue weighted by Gasteiger charge is -2.31. The average molecular weight is 393 g/mol. The summed E-state index contributed by atoms with van der Waals surface area (Å²) in [6, 6.07) is 3.20. The summed E-state index contributed by atoms with van der Waals surface area (Å²) in [5.41, 5.74) is 5.33. The molecule has 3 heterocycles. The van der Waals surface area contributed by atoms with E-state index in [9.17, 15) is 13.2 Å². The Hall–Kier alpha value is -2.46. The number of piperidine rings is 1. The van der Waals surface area contributed by atoms with Crippen LogP contribution in [-0.2, 0) is 10.0 Å². The predicted octanol–water partition coefficient (Wildman–Crippen LogP) is 1.19. The molecule has 0 bridgehead atoms. The van der Waals surface area contributed by atoms with Crippen LogP contribution < -0.4 is 10.5 Å². The van der Waals surface area contributed by atoms with Gasteiger partial charge in [0.1, 0.15) is 17.5 Å². The third kappa shape index (κ3) is 4.28. The fourth-order valence-electron chi connectivity index (χ4n) is 2.90. The van der Waals surface area contributed by atoms with E-state index in [0.29, 0.717) is 25.1 Å². The molecule has 1 unspecified atom stereocenters. The molecule has 146 valence electrons. The van der Waals surface area contributed by atoms with Crippen LogP contribution in [0.15, 0.2) is 35.9 Å². The van der Waals surface area contributed by atoms with E-state index in [1.54, 1.807) is 16.8 Å². The van der Waals surface area contributed by atoms with Crippen molar-refractivity contribution in [2.45, 2.75) is 43.9 Å². The molecule has 2 N–H and O–H groups in total. The Bertz CT molecular complexity index is 925. The SMILES string of the molecule is CC(C)n1cnc(S(=O)(=O)N2CCCC(Oc3ccnc(C(N)=O)c3)C2)c1. The van der Waals surface area contributed by atoms with E-state index in [2.05, 4.69) is 9.97 Å². The van der Waals surface area contributed by atoms with Gasteiger partial charge in [-0.15, -0.1) is 0 Å². The van der Waals surface area contributed by atoms with E-state index >= 15 is 0 Å². The number of sulfonamides is 1. The Morgan fingerprint density at radius 2 is 2.15 bits per heavy atom. The molecule has 3 rings (SSSR count). The average Bonchev–Trinajstić information content (AvgIpc) is 3.13. The monoisotopic (exact) mass is 393 g/mol. The molecule has 1 atom stereocenters. The van der Waals surface area contributed by atoms with Gasteiger partial charge in [0, 0.05) is 31.0 Å². The number of carbonyl (C=O) groups excluding carboxylic acids is 1. The van der Waals surface area contributed by atoms with Gasteiger partial charge in [-0.2, -0.15) is 4.31 Å². The van der Waals surface area contributed by atoms with Crippen molar-refractivity contribution in [3.63, 3.8) is 0 Å². The minimum absolute atomic E-state index is 0.0387. The fraction of sp³-hybridized carbons (Fsp3) is 0.471. The molecule has 1 fully saturated rings. The lowest BCUT2D eigenvalue weighted by atomic mass is 10.1. The molecular formula is C17H23N5O4S. The molecule has 1 aliphatic heterocycles. The van der Waals surface area contributed by atoms with Crippen molar-refractivity contribution in [2.75, 3.05) is 13.1 Å². The number of nitrogens with two attached hydrogens (primary N) is 1. The zero-order valence-corrected chi connectivity index (χ0v) is 16.1. The number of ether oxygens (including phenoxy) is 1. The number of carbonyl (C=O) groups is 1. The van der Waals surface area contributed by atoms with Crippen LogP contribution in [0.3, 0.4) is 0 Å². The van der Waals surface area contributed by atoms with E-state index in [1.165, 1.54) is 22.9 Å². The van der Waals surface area contributed by atoms with E-state index in [4.69, 9.17) is 10.5 Å². The van der Waals surface area contributed by atoms with Crippen molar-refractivity contribution in [3.8, 4) is 5.75 Å². The van der Waals surface area contributed by atoms with Crippen molar-refractivity contribution in [1.82, 2.24) is 18.8 Å². The van der Waals surface area contributed by atoms with Crippen molar-refractivity contribution >= 4 is 15.9 Å². The normalized spacial score (nSPS) is 18.6. The van der Waals surface area contributed by atoms with Crippen LogP contribution in [0.1, 0.15) is 43.2 Å². The number of nitrogens with zero attached hydrogens (tertiary/aromatic N) is 4. The highest BCUT2D eigenvalue weighted by Gasteiger charge is 2.32. The third-order valence-electron chi connectivity index (χ3n) is 4.41. The first-order valence-corrected chi connectivity index (χ1v) is 10.2. The number of hydrogen-bond donors (Lipinski definition) is 1. The molecule has 0 saturated carbocycles. The van der Waals surface area contributed by atoms with Crippen LogP contribution in [0.5, 0.6) is 5.75 Å². The maximum atomic E-state index is 12.9. The minimum atomic E-state index is -3.69. The van der Waals surface area contributed by atoms with Gasteiger partial charge in [-0.3, -0.25) is 9.78 Å². The lowest BCUT2D eigenvalue weighted by Crippen LogP contribution is -2.44. The number of amides is 1. The van der Waals surface area contributed by atoms with E-state index < -0.39 is 15.9 Å². The van der Waals surface area contributed by atoms with Gasteiger partial charge < -0.3 is 15.0 Å². The maximum Gasteiger partial charge on any atom is 0.267 e. The van der Waals surface area contributed by atoms with Crippen LogP contribution in [0.25, 0.3) is 0 Å². The molecule has 0 spiro atoms. The van der Waals surface area contributed by atoms with Gasteiger partial charge in [0.15, 0.2) is 5.03 Å². The van der Waals surface area contributed by atoms with Gasteiger partial charge in [-0.05, 0) is 32.8 Å². The molecule has 10 heteroatoms. The number of imidazole rings is 1. The van der Waals surface area contributed by atoms with Gasteiger partial charge in [-0.25, -0.2) is 13.4 Å². The Balaban J connectivity index is 1.73. The third-order valence-corrected chi connectivity index (χ3v) is 6.16. The Labute approximate surface area is 158 Å². The molecule has 1 saturated heterocycles. The number of rotatable bonds is 6. The van der Waals surface area contributed by atoms with E-state index in [1.807, 2.05) is 13.8 Å². The molecule has 0 aliphatic carbocycles. The topological polar surface area (TPSA) is 120 Å². The van der Waals surface area contributed by atoms with Crippen LogP contribution in [-0.4, -0.2) is 52.4 Å². The molecule has 27 heavy (non-hydrogen) atoms. The van der Waals surface area contributed by atoms with E-state index in [0.717, 1.165) is 0 Å². The van der Waals surface area contributed by atoms with Crippen LogP contribution in [0, 0.1) is 0 Å². The highest BCUT2D eigenvalue weighted by atomic mass is 32.2. The smallest absolute Gasteiger partial charge is 0.267 e. The molecule has 1 aliphatic rings. The number of aromatic nitrogens is 3. The van der Waals surface area contributed by atoms with Gasteiger partial charge in [0.2, 0.25) is 0 Å². The quantitative estimate of drug-likeness (QED) is 0.787. The Morgan fingerprint density at radius 1 is 1.37 bits per heavy atom. The molecule has 1 amide bonds. The molecule has 9 nitrogen and oxygen atoms in total. The summed E-state index contributed by atoms with van der Waals surface area (Å²) in [6.45, 7) is 4.54. The highest BCUT2D eigenvalue weighted by Crippen LogP contribution is 2.23. The van der Waals surface area contributed by atoms with E-state index in [-0.39, 0.29) is 29.4 Å². The summed E-state index contributed by atoms with van der Waals surface area (Å²) in [7, 11) is -3.69. The number of primary amides is 1. The van der Waals surface area contributed by atoms with Gasteiger partial charge in [0.05, 0.1) is 12.9 Å². The first-order valence-electron chi connectivity index (χ1n) is 8.73. The summed E-state index contributed by atoms with van der Waals surface area (Å²) in [5.74, 6) is -0.207. The first-order chi connectivity index (χ1) is 12.8. The summed E-state index contributed by atoms with van der Waals surface area (Å²) >= 11 is 0. The second kappa shape index (κ2) is 7.65. The Morgan fingerprint density at radius 3 is 2.81 bits per heavy atom. The van der Waals surface area contributed by atoms with Gasteiger partial charge >= 0.3 is 0 Å². The summed E-state index contributed by atoms with van der Waals surface area (Å²) in [6.07, 6.45) is 5.56. The number of pyridine rings is 1. The molecule has 0 radical (unpaired) electrons. The van der Waals surface area contributed by atoms with Gasteiger partial charge in [-0.1, -0.05) is 0 Å². The van der Waals surface area contributed by atoms with Gasteiger partial charge in [0.25, 0.3) is 15.9 Å². The summed E-state index contributed by atoms with van der Waals surface area (Å²) < 4.78 is 34.8. The van der Waals surface area contributed by atoms with Crippen molar-refractivity contribution in [2.24, 2.45) is 5.73 Å². The van der Waals surface area contributed by atoms with Crippen molar-refractivity contribution in [3.05, 3.63) is 36.5 Å². The summed E-state index contributed by atoms with van der Waals surface area (Å²) in [5, 5.41) is 0.0387. The summed E-state index contributed by atoms with van der Waals surface area (Å²) in [4.78, 5) is 19.2. The Kier molecular flexibility index (Phi) is 5.47.